The molecule has 2 rings (SSSR count). The molecule has 0 aromatic heterocycles. The maximum Gasteiger partial charge on any atom is 0.169 e. The summed E-state index contributed by atoms with van der Waals surface area (Å²) in [7, 11) is 4.27. The van der Waals surface area contributed by atoms with Crippen LogP contribution < -0.4 is 0 Å². The van der Waals surface area contributed by atoms with Gasteiger partial charge in [0, 0.05) is 30.1 Å². The van der Waals surface area contributed by atoms with Crippen molar-refractivity contribution >= 4 is 5.78 Å². The third-order valence-electron chi connectivity index (χ3n) is 4.25. The van der Waals surface area contributed by atoms with Gasteiger partial charge in [0.1, 0.15) is 0 Å². The van der Waals surface area contributed by atoms with Crippen LogP contribution in [0, 0.1) is 5.41 Å². The van der Waals surface area contributed by atoms with Gasteiger partial charge in [0.05, 0.1) is 0 Å². The lowest BCUT2D eigenvalue weighted by atomic mass is 9.84. The van der Waals surface area contributed by atoms with Crippen LogP contribution in [-0.4, -0.2) is 55.4 Å². The SMILES string of the molecule is CN(C)C1CCN(CC(C)(C)C(=O)c2ccccc2)C1. The number of Topliss-reactive ketones (excluding diaryl/α,β-unsaturated/α-hetero) is 1. The first kappa shape index (κ1) is 15.2. The standard InChI is InChI=1S/C17H26N2O/c1-17(2,16(20)14-8-6-5-7-9-14)13-19-11-10-15(12-19)18(3)4/h5-9,15H,10-13H2,1-4H3. The Hall–Kier alpha value is -1.19. The van der Waals surface area contributed by atoms with E-state index in [1.807, 2.05) is 30.3 Å². The van der Waals surface area contributed by atoms with Gasteiger partial charge >= 0.3 is 0 Å². The van der Waals surface area contributed by atoms with Crippen molar-refractivity contribution in [2.24, 2.45) is 5.41 Å². The number of ketones is 1. The van der Waals surface area contributed by atoms with Crippen LogP contribution in [0.3, 0.4) is 0 Å². The highest BCUT2D eigenvalue weighted by Gasteiger charge is 2.34. The van der Waals surface area contributed by atoms with Crippen molar-refractivity contribution in [1.29, 1.82) is 0 Å². The molecule has 0 bridgehead atoms. The third-order valence-corrected chi connectivity index (χ3v) is 4.25. The summed E-state index contributed by atoms with van der Waals surface area (Å²) in [5.74, 6) is 0.242. The highest BCUT2D eigenvalue weighted by Crippen LogP contribution is 2.26. The van der Waals surface area contributed by atoms with Crippen molar-refractivity contribution in [3.8, 4) is 0 Å². The first-order valence-corrected chi connectivity index (χ1v) is 7.39. The molecule has 1 aliphatic heterocycles. The Morgan fingerprint density at radius 2 is 1.95 bits per heavy atom. The molecule has 20 heavy (non-hydrogen) atoms. The minimum atomic E-state index is -0.331. The largest absolute Gasteiger partial charge is 0.305 e. The van der Waals surface area contributed by atoms with E-state index < -0.39 is 0 Å². The fourth-order valence-electron chi connectivity index (χ4n) is 2.99. The van der Waals surface area contributed by atoms with E-state index in [1.54, 1.807) is 0 Å². The van der Waals surface area contributed by atoms with E-state index in [-0.39, 0.29) is 11.2 Å². The van der Waals surface area contributed by atoms with Gasteiger partial charge in [-0.3, -0.25) is 4.79 Å². The summed E-state index contributed by atoms with van der Waals surface area (Å²) in [5.41, 5.74) is 0.489. The Balaban J connectivity index is 1.99. The fourth-order valence-corrected chi connectivity index (χ4v) is 2.99. The molecule has 0 aliphatic carbocycles. The van der Waals surface area contributed by atoms with Crippen LogP contribution in [0.4, 0.5) is 0 Å². The molecule has 1 unspecified atom stereocenters. The summed E-state index contributed by atoms with van der Waals surface area (Å²) in [4.78, 5) is 17.3. The molecule has 110 valence electrons. The number of carbonyl (C=O) groups excluding carboxylic acids is 1. The summed E-state index contributed by atoms with van der Waals surface area (Å²) in [6.07, 6.45) is 1.20. The maximum absolute atomic E-state index is 12.6. The van der Waals surface area contributed by atoms with E-state index >= 15 is 0 Å². The van der Waals surface area contributed by atoms with Gasteiger partial charge in [-0.1, -0.05) is 44.2 Å². The van der Waals surface area contributed by atoms with Gasteiger partial charge in [-0.2, -0.15) is 0 Å². The van der Waals surface area contributed by atoms with E-state index in [0.29, 0.717) is 6.04 Å². The molecule has 1 aliphatic rings. The number of likely N-dealkylation sites (N-methyl/N-ethyl adjacent to an activating group) is 1. The second-order valence-electron chi connectivity index (χ2n) is 6.72. The zero-order chi connectivity index (χ0) is 14.8. The summed E-state index contributed by atoms with van der Waals surface area (Å²) < 4.78 is 0. The molecule has 1 aromatic carbocycles. The van der Waals surface area contributed by atoms with Crippen LogP contribution in [-0.2, 0) is 0 Å². The maximum atomic E-state index is 12.6. The quantitative estimate of drug-likeness (QED) is 0.771. The van der Waals surface area contributed by atoms with Crippen molar-refractivity contribution in [3.05, 3.63) is 35.9 Å². The monoisotopic (exact) mass is 274 g/mol. The van der Waals surface area contributed by atoms with Crippen LogP contribution in [0.1, 0.15) is 30.6 Å². The number of hydrogen-bond acceptors (Lipinski definition) is 3. The summed E-state index contributed by atoms with van der Waals surface area (Å²) >= 11 is 0. The van der Waals surface area contributed by atoms with E-state index in [0.717, 1.165) is 25.2 Å². The van der Waals surface area contributed by atoms with Gasteiger partial charge in [0.25, 0.3) is 0 Å². The topological polar surface area (TPSA) is 23.6 Å². The average molecular weight is 274 g/mol. The second-order valence-corrected chi connectivity index (χ2v) is 6.72. The molecule has 0 radical (unpaired) electrons. The molecule has 1 fully saturated rings. The Morgan fingerprint density at radius 3 is 2.50 bits per heavy atom. The Kier molecular flexibility index (Phi) is 4.61. The van der Waals surface area contributed by atoms with Gasteiger partial charge in [-0.15, -0.1) is 0 Å². The summed E-state index contributed by atoms with van der Waals surface area (Å²) in [6, 6.07) is 10.3. The van der Waals surface area contributed by atoms with Crippen molar-refractivity contribution in [1.82, 2.24) is 9.80 Å². The van der Waals surface area contributed by atoms with Crippen molar-refractivity contribution < 1.29 is 4.79 Å². The molecule has 1 saturated heterocycles. The van der Waals surface area contributed by atoms with E-state index in [2.05, 4.69) is 37.7 Å². The van der Waals surface area contributed by atoms with Crippen molar-refractivity contribution in [3.63, 3.8) is 0 Å². The number of rotatable bonds is 5. The van der Waals surface area contributed by atoms with E-state index in [1.165, 1.54) is 6.42 Å². The van der Waals surface area contributed by atoms with Crippen LogP contribution >= 0.6 is 0 Å². The van der Waals surface area contributed by atoms with Crippen LogP contribution in [0.5, 0.6) is 0 Å². The molecule has 0 spiro atoms. The van der Waals surface area contributed by atoms with E-state index in [4.69, 9.17) is 0 Å². The molecule has 1 heterocycles. The van der Waals surface area contributed by atoms with Gasteiger partial charge in [0.15, 0.2) is 5.78 Å². The molecule has 3 nitrogen and oxygen atoms in total. The number of benzene rings is 1. The fraction of sp³-hybridized carbons (Fsp3) is 0.588. The molecular weight excluding hydrogens is 248 g/mol. The van der Waals surface area contributed by atoms with Crippen LogP contribution in [0.25, 0.3) is 0 Å². The predicted octanol–water partition coefficient (Wildman–Crippen LogP) is 2.53. The predicted molar refractivity (Wildman–Crippen MR) is 83.1 cm³/mol. The summed E-state index contributed by atoms with van der Waals surface area (Å²) in [6.45, 7) is 7.12. The van der Waals surface area contributed by atoms with Gasteiger partial charge < -0.3 is 9.80 Å². The van der Waals surface area contributed by atoms with Gasteiger partial charge in [-0.05, 0) is 27.1 Å². The molecule has 0 N–H and O–H groups in total. The zero-order valence-electron chi connectivity index (χ0n) is 13.1. The number of nitrogens with zero attached hydrogens (tertiary/aromatic N) is 2. The van der Waals surface area contributed by atoms with Gasteiger partial charge in [0.2, 0.25) is 0 Å². The molecular formula is C17H26N2O. The minimum Gasteiger partial charge on any atom is -0.305 e. The lowest BCUT2D eigenvalue weighted by Gasteiger charge is -2.29. The second kappa shape index (κ2) is 6.06. The highest BCUT2D eigenvalue weighted by atomic mass is 16.1. The molecule has 0 saturated carbocycles. The van der Waals surface area contributed by atoms with E-state index in [9.17, 15) is 4.79 Å². The number of carbonyl (C=O) groups is 1. The minimum absolute atomic E-state index is 0.242. The average Bonchev–Trinajstić information content (AvgIpc) is 2.87. The zero-order valence-corrected chi connectivity index (χ0v) is 13.1. The Labute approximate surface area is 122 Å². The normalized spacial score (nSPS) is 20.6. The number of hydrogen-bond donors (Lipinski definition) is 0. The van der Waals surface area contributed by atoms with Crippen LogP contribution in [0.15, 0.2) is 30.3 Å². The van der Waals surface area contributed by atoms with Crippen molar-refractivity contribution in [2.45, 2.75) is 26.3 Å². The Morgan fingerprint density at radius 1 is 1.30 bits per heavy atom. The molecule has 1 aromatic rings. The highest BCUT2D eigenvalue weighted by molar-refractivity contribution is 6.00. The van der Waals surface area contributed by atoms with Gasteiger partial charge in [-0.25, -0.2) is 0 Å². The molecule has 0 amide bonds. The lowest BCUT2D eigenvalue weighted by Crippen LogP contribution is -2.40. The smallest absolute Gasteiger partial charge is 0.169 e. The Bertz CT molecular complexity index is 453. The summed E-state index contributed by atoms with van der Waals surface area (Å²) in [5, 5.41) is 0. The lowest BCUT2D eigenvalue weighted by molar-refractivity contribution is 0.0778. The first-order valence-electron chi connectivity index (χ1n) is 7.39. The molecule has 3 heteroatoms. The van der Waals surface area contributed by atoms with Crippen LogP contribution in [0.2, 0.25) is 0 Å². The van der Waals surface area contributed by atoms with Crippen molar-refractivity contribution in [2.75, 3.05) is 33.7 Å². The first-order chi connectivity index (χ1) is 9.40. The third kappa shape index (κ3) is 3.47. The molecule has 1 atom stereocenters. The number of likely N-dealkylation sites (tertiary alicyclic amines) is 1.